The number of aliphatic carboxylic acids is 1. The molecule has 1 aliphatic carbocycles. The van der Waals surface area contributed by atoms with Crippen LogP contribution in [0, 0.1) is 5.41 Å². The molecule has 1 saturated carbocycles. The molecule has 0 radical (unpaired) electrons. The zero-order valence-corrected chi connectivity index (χ0v) is 12.2. The Morgan fingerprint density at radius 3 is 2.21 bits per heavy atom. The lowest BCUT2D eigenvalue weighted by atomic mass is 9.78. The zero-order chi connectivity index (χ0) is 14.7. The molecule has 1 atom stereocenters. The van der Waals surface area contributed by atoms with Crippen LogP contribution in [0.25, 0.3) is 0 Å². The summed E-state index contributed by atoms with van der Waals surface area (Å²) >= 11 is 0. The Balaban J connectivity index is 2.77. The van der Waals surface area contributed by atoms with Gasteiger partial charge in [0.25, 0.3) is 0 Å². The topological polar surface area (TPSA) is 92.4 Å². The van der Waals surface area contributed by atoms with Gasteiger partial charge in [0.15, 0.2) is 0 Å². The largest absolute Gasteiger partial charge is 0.481 e. The van der Waals surface area contributed by atoms with Crippen molar-refractivity contribution in [1.82, 2.24) is 5.32 Å². The summed E-state index contributed by atoms with van der Waals surface area (Å²) in [6, 6.07) is -0.625. The number of nitrogens with one attached hydrogen (secondary N) is 1. The van der Waals surface area contributed by atoms with Crippen molar-refractivity contribution in [2.24, 2.45) is 11.1 Å². The highest BCUT2D eigenvalue weighted by Gasteiger charge is 2.38. The maximum atomic E-state index is 12.2. The molecule has 1 rings (SSSR count). The maximum Gasteiger partial charge on any atom is 0.305 e. The molecule has 19 heavy (non-hydrogen) atoms. The smallest absolute Gasteiger partial charge is 0.305 e. The molecule has 1 fully saturated rings. The van der Waals surface area contributed by atoms with Gasteiger partial charge in [0.2, 0.25) is 5.91 Å². The number of carbonyl (C=O) groups is 2. The van der Waals surface area contributed by atoms with Gasteiger partial charge in [0, 0.05) is 0 Å². The number of carboxylic acids is 1. The van der Waals surface area contributed by atoms with Gasteiger partial charge in [-0.25, -0.2) is 0 Å². The Morgan fingerprint density at radius 1 is 1.26 bits per heavy atom. The molecule has 0 saturated heterocycles. The van der Waals surface area contributed by atoms with Crippen LogP contribution in [-0.2, 0) is 9.59 Å². The van der Waals surface area contributed by atoms with Crippen LogP contribution >= 0.6 is 0 Å². The van der Waals surface area contributed by atoms with Gasteiger partial charge in [-0.3, -0.25) is 9.59 Å². The average molecular weight is 270 g/mol. The van der Waals surface area contributed by atoms with Gasteiger partial charge >= 0.3 is 5.97 Å². The second kappa shape index (κ2) is 5.90. The van der Waals surface area contributed by atoms with Crippen LogP contribution in [0.2, 0.25) is 0 Å². The van der Waals surface area contributed by atoms with E-state index in [9.17, 15) is 9.59 Å². The minimum absolute atomic E-state index is 0.0183. The second-order valence-electron chi connectivity index (χ2n) is 6.74. The monoisotopic (exact) mass is 270 g/mol. The third-order valence-electron chi connectivity index (χ3n) is 3.90. The normalized spacial score (nSPS) is 20.6. The van der Waals surface area contributed by atoms with E-state index >= 15 is 0 Å². The fourth-order valence-electron chi connectivity index (χ4n) is 2.60. The number of rotatable bonds is 4. The summed E-state index contributed by atoms with van der Waals surface area (Å²) in [5.74, 6) is -1.11. The quantitative estimate of drug-likeness (QED) is 0.724. The Labute approximate surface area is 114 Å². The van der Waals surface area contributed by atoms with E-state index in [-0.39, 0.29) is 17.7 Å². The first kappa shape index (κ1) is 16.0. The Hall–Kier alpha value is -1.10. The molecule has 0 aromatic rings. The molecule has 1 unspecified atom stereocenters. The van der Waals surface area contributed by atoms with Crippen LogP contribution in [0.1, 0.15) is 59.3 Å². The predicted molar refractivity (Wildman–Crippen MR) is 73.6 cm³/mol. The summed E-state index contributed by atoms with van der Waals surface area (Å²) < 4.78 is 0. The summed E-state index contributed by atoms with van der Waals surface area (Å²) in [7, 11) is 0. The van der Waals surface area contributed by atoms with Gasteiger partial charge in [-0.05, 0) is 18.3 Å². The van der Waals surface area contributed by atoms with E-state index in [4.69, 9.17) is 10.8 Å². The molecule has 4 N–H and O–H groups in total. The van der Waals surface area contributed by atoms with Crippen LogP contribution in [0.5, 0.6) is 0 Å². The highest BCUT2D eigenvalue weighted by Crippen LogP contribution is 2.31. The van der Waals surface area contributed by atoms with Gasteiger partial charge in [-0.1, -0.05) is 40.0 Å². The molecule has 5 heteroatoms. The van der Waals surface area contributed by atoms with Crippen LogP contribution < -0.4 is 11.1 Å². The molecule has 0 heterocycles. The highest BCUT2D eigenvalue weighted by atomic mass is 16.4. The molecule has 0 aromatic carbocycles. The van der Waals surface area contributed by atoms with E-state index in [1.165, 1.54) is 0 Å². The zero-order valence-electron chi connectivity index (χ0n) is 12.2. The van der Waals surface area contributed by atoms with Crippen LogP contribution in [0.4, 0.5) is 0 Å². The van der Waals surface area contributed by atoms with E-state index in [0.29, 0.717) is 0 Å². The van der Waals surface area contributed by atoms with Crippen LogP contribution in [0.3, 0.4) is 0 Å². The first-order valence-electron chi connectivity index (χ1n) is 6.96. The van der Waals surface area contributed by atoms with Crippen molar-refractivity contribution in [2.45, 2.75) is 70.9 Å². The second-order valence-corrected chi connectivity index (χ2v) is 6.74. The molecule has 1 aliphatic rings. The summed E-state index contributed by atoms with van der Waals surface area (Å²) in [5.41, 5.74) is 5.00. The molecular weight excluding hydrogens is 244 g/mol. The van der Waals surface area contributed by atoms with Gasteiger partial charge in [0.1, 0.15) is 0 Å². The summed E-state index contributed by atoms with van der Waals surface area (Å²) in [6.45, 7) is 5.71. The molecule has 5 nitrogen and oxygen atoms in total. The number of hydrogen-bond donors (Lipinski definition) is 3. The molecule has 0 spiro atoms. The Kier molecular flexibility index (Phi) is 4.96. The van der Waals surface area contributed by atoms with Gasteiger partial charge in [-0.2, -0.15) is 0 Å². The molecule has 0 aliphatic heterocycles. The summed E-state index contributed by atoms with van der Waals surface area (Å²) in [6.07, 6.45) is 4.44. The first-order chi connectivity index (χ1) is 8.66. The van der Waals surface area contributed by atoms with Crippen LogP contribution in [0.15, 0.2) is 0 Å². The van der Waals surface area contributed by atoms with E-state index in [1.54, 1.807) is 0 Å². The van der Waals surface area contributed by atoms with Crippen molar-refractivity contribution < 1.29 is 14.7 Å². The third kappa shape index (κ3) is 4.49. The van der Waals surface area contributed by atoms with Crippen molar-refractivity contribution in [2.75, 3.05) is 0 Å². The molecule has 110 valence electrons. The van der Waals surface area contributed by atoms with Crippen LogP contribution in [-0.4, -0.2) is 28.6 Å². The summed E-state index contributed by atoms with van der Waals surface area (Å²) in [5, 5.41) is 12.0. The average Bonchev–Trinajstić information content (AvgIpc) is 2.26. The summed E-state index contributed by atoms with van der Waals surface area (Å²) in [4.78, 5) is 23.3. The van der Waals surface area contributed by atoms with Crippen molar-refractivity contribution >= 4 is 11.9 Å². The maximum absolute atomic E-state index is 12.2. The first-order valence-corrected chi connectivity index (χ1v) is 6.96. The Morgan fingerprint density at radius 2 is 1.79 bits per heavy atom. The van der Waals surface area contributed by atoms with Gasteiger partial charge in [-0.15, -0.1) is 0 Å². The van der Waals surface area contributed by atoms with Crippen molar-refractivity contribution in [3.63, 3.8) is 0 Å². The fourth-order valence-corrected chi connectivity index (χ4v) is 2.60. The molecule has 1 amide bonds. The SMILES string of the molecule is CC(C)(C)C(N)C(=O)NC1(CC(=O)O)CCCCC1. The molecule has 0 aromatic heterocycles. The number of carbonyl (C=O) groups excluding carboxylic acids is 1. The predicted octanol–water partition coefficient (Wildman–Crippen LogP) is 1.65. The van der Waals surface area contributed by atoms with Crippen molar-refractivity contribution in [3.8, 4) is 0 Å². The number of carboxylic acid groups (broad SMARTS) is 1. The third-order valence-corrected chi connectivity index (χ3v) is 3.90. The molecular formula is C14H26N2O3. The van der Waals surface area contributed by atoms with E-state index in [1.807, 2.05) is 20.8 Å². The van der Waals surface area contributed by atoms with E-state index in [2.05, 4.69) is 5.32 Å². The number of nitrogens with two attached hydrogens (primary N) is 1. The van der Waals surface area contributed by atoms with Crippen molar-refractivity contribution in [3.05, 3.63) is 0 Å². The van der Waals surface area contributed by atoms with Gasteiger partial charge < -0.3 is 16.2 Å². The minimum Gasteiger partial charge on any atom is -0.481 e. The lowest BCUT2D eigenvalue weighted by molar-refractivity contribution is -0.140. The van der Waals surface area contributed by atoms with Crippen molar-refractivity contribution in [1.29, 1.82) is 0 Å². The lowest BCUT2D eigenvalue weighted by Gasteiger charge is -2.39. The number of amides is 1. The fraction of sp³-hybridized carbons (Fsp3) is 0.857. The van der Waals surface area contributed by atoms with E-state index < -0.39 is 17.6 Å². The number of hydrogen-bond acceptors (Lipinski definition) is 3. The van der Waals surface area contributed by atoms with Gasteiger partial charge in [0.05, 0.1) is 18.0 Å². The van der Waals surface area contributed by atoms with E-state index in [0.717, 1.165) is 32.1 Å². The Bertz CT molecular complexity index is 341. The highest BCUT2D eigenvalue weighted by molar-refractivity contribution is 5.83. The minimum atomic E-state index is -0.869. The standard InChI is InChI=1S/C14H26N2O3/c1-13(2,3)11(15)12(19)16-14(9-10(17)18)7-5-4-6-8-14/h11H,4-9,15H2,1-3H3,(H,16,19)(H,17,18). The molecule has 0 bridgehead atoms. The lowest BCUT2D eigenvalue weighted by Crippen LogP contribution is -2.58.